The summed E-state index contributed by atoms with van der Waals surface area (Å²) in [4.78, 5) is 17.5. The molecule has 0 amide bonds. The number of aromatic nitrogens is 2. The van der Waals surface area contributed by atoms with Gasteiger partial charge in [-0.25, -0.2) is 4.98 Å². The van der Waals surface area contributed by atoms with E-state index < -0.39 is 5.97 Å². The van der Waals surface area contributed by atoms with Gasteiger partial charge >= 0.3 is 5.97 Å². The van der Waals surface area contributed by atoms with Crippen LogP contribution in [0.25, 0.3) is 11.0 Å². The van der Waals surface area contributed by atoms with E-state index in [2.05, 4.69) is 9.88 Å². The number of aliphatic carboxylic acids is 1. The van der Waals surface area contributed by atoms with Gasteiger partial charge in [-0.15, -0.1) is 0 Å². The summed E-state index contributed by atoms with van der Waals surface area (Å²) < 4.78 is 2.02. The summed E-state index contributed by atoms with van der Waals surface area (Å²) in [6.45, 7) is 1.37. The third-order valence-electron chi connectivity index (χ3n) is 3.07. The maximum absolute atomic E-state index is 10.8. The van der Waals surface area contributed by atoms with E-state index in [1.165, 1.54) is 0 Å². The van der Waals surface area contributed by atoms with Crippen molar-refractivity contribution in [1.29, 1.82) is 0 Å². The molecule has 0 bridgehead atoms. The molecule has 0 spiro atoms. The van der Waals surface area contributed by atoms with E-state index in [-0.39, 0.29) is 6.42 Å². The summed E-state index contributed by atoms with van der Waals surface area (Å²) in [6, 6.07) is 7.86. The van der Waals surface area contributed by atoms with Gasteiger partial charge in [0, 0.05) is 19.5 Å². The average Bonchev–Trinajstić information content (AvgIpc) is 2.71. The highest BCUT2D eigenvalue weighted by atomic mass is 16.4. The van der Waals surface area contributed by atoms with Crippen LogP contribution >= 0.6 is 0 Å². The van der Waals surface area contributed by atoms with Gasteiger partial charge in [-0.1, -0.05) is 12.1 Å². The first-order valence-corrected chi connectivity index (χ1v) is 6.38. The summed E-state index contributed by atoms with van der Waals surface area (Å²) in [6.07, 6.45) is 0.941. The van der Waals surface area contributed by atoms with Gasteiger partial charge in [0.15, 0.2) is 0 Å². The van der Waals surface area contributed by atoms with E-state index in [1.807, 2.05) is 42.9 Å². The maximum atomic E-state index is 10.8. The number of nitrogens with zero attached hydrogens (tertiary/aromatic N) is 3. The van der Waals surface area contributed by atoms with E-state index in [9.17, 15) is 4.79 Å². The molecule has 0 saturated heterocycles. The minimum atomic E-state index is -0.781. The Balaban J connectivity index is 2.31. The number of fused-ring (bicyclic) bond motifs is 1. The third kappa shape index (κ3) is 3.32. The second kappa shape index (κ2) is 5.84. The average molecular weight is 261 g/mol. The molecule has 19 heavy (non-hydrogen) atoms. The molecule has 1 aromatic heterocycles. The van der Waals surface area contributed by atoms with Crippen LogP contribution in [0.1, 0.15) is 12.2 Å². The quantitative estimate of drug-likeness (QED) is 0.858. The molecule has 0 fully saturated rings. The molecule has 1 N–H and O–H groups in total. The normalized spacial score (nSPS) is 11.3. The molecular weight excluding hydrogens is 242 g/mol. The van der Waals surface area contributed by atoms with Crippen molar-refractivity contribution in [2.75, 3.05) is 20.6 Å². The van der Waals surface area contributed by atoms with Gasteiger partial charge in [0.05, 0.1) is 17.5 Å². The van der Waals surface area contributed by atoms with Crippen LogP contribution in [0.5, 0.6) is 0 Å². The standard InChI is InChI=1S/C14H19N3O2/c1-16(2)9-7-13-15-11-5-3-4-6-12(11)17(13)10-8-14(18)19/h3-6H,7-10H2,1-2H3,(H,18,19). The van der Waals surface area contributed by atoms with Crippen LogP contribution in [0, 0.1) is 0 Å². The number of carboxylic acids is 1. The van der Waals surface area contributed by atoms with Gasteiger partial charge in [-0.3, -0.25) is 4.79 Å². The highest BCUT2D eigenvalue weighted by Gasteiger charge is 2.11. The summed E-state index contributed by atoms with van der Waals surface area (Å²) >= 11 is 0. The summed E-state index contributed by atoms with van der Waals surface area (Å²) in [5, 5.41) is 8.85. The van der Waals surface area contributed by atoms with Gasteiger partial charge in [-0.2, -0.15) is 0 Å². The molecule has 102 valence electrons. The first kappa shape index (κ1) is 13.5. The van der Waals surface area contributed by atoms with Crippen molar-refractivity contribution in [3.8, 4) is 0 Å². The third-order valence-corrected chi connectivity index (χ3v) is 3.07. The molecule has 0 unspecified atom stereocenters. The van der Waals surface area contributed by atoms with Crippen molar-refractivity contribution in [3.63, 3.8) is 0 Å². The molecule has 2 aromatic rings. The lowest BCUT2D eigenvalue weighted by Gasteiger charge is -2.11. The molecular formula is C14H19N3O2. The molecule has 0 radical (unpaired) electrons. The molecule has 5 nitrogen and oxygen atoms in total. The number of carbonyl (C=O) groups is 1. The van der Waals surface area contributed by atoms with E-state index in [0.29, 0.717) is 6.54 Å². The van der Waals surface area contributed by atoms with Crippen LogP contribution in [0.4, 0.5) is 0 Å². The Morgan fingerprint density at radius 2 is 2.11 bits per heavy atom. The second-order valence-electron chi connectivity index (χ2n) is 4.87. The lowest BCUT2D eigenvalue weighted by atomic mass is 10.3. The molecule has 0 aliphatic rings. The maximum Gasteiger partial charge on any atom is 0.305 e. The van der Waals surface area contributed by atoms with E-state index in [1.54, 1.807) is 0 Å². The van der Waals surface area contributed by atoms with Crippen LogP contribution in [0.15, 0.2) is 24.3 Å². The van der Waals surface area contributed by atoms with Crippen molar-refractivity contribution >= 4 is 17.0 Å². The van der Waals surface area contributed by atoms with Crippen LogP contribution in [0.3, 0.4) is 0 Å². The van der Waals surface area contributed by atoms with Crippen molar-refractivity contribution in [2.45, 2.75) is 19.4 Å². The predicted octanol–water partition coefficient (Wildman–Crippen LogP) is 1.62. The number of rotatable bonds is 6. The highest BCUT2D eigenvalue weighted by Crippen LogP contribution is 2.17. The van der Waals surface area contributed by atoms with E-state index in [4.69, 9.17) is 5.11 Å². The zero-order chi connectivity index (χ0) is 13.8. The lowest BCUT2D eigenvalue weighted by molar-refractivity contribution is -0.137. The molecule has 1 aromatic carbocycles. The van der Waals surface area contributed by atoms with Crippen molar-refractivity contribution in [3.05, 3.63) is 30.1 Å². The van der Waals surface area contributed by atoms with Crippen LogP contribution < -0.4 is 0 Å². The molecule has 0 saturated carbocycles. The zero-order valence-corrected chi connectivity index (χ0v) is 11.3. The zero-order valence-electron chi connectivity index (χ0n) is 11.3. The van der Waals surface area contributed by atoms with Crippen LogP contribution in [-0.2, 0) is 17.8 Å². The Morgan fingerprint density at radius 3 is 2.79 bits per heavy atom. The minimum Gasteiger partial charge on any atom is -0.481 e. The highest BCUT2D eigenvalue weighted by molar-refractivity contribution is 5.76. The predicted molar refractivity (Wildman–Crippen MR) is 74.2 cm³/mol. The Labute approximate surface area is 112 Å². The minimum absolute atomic E-state index is 0.120. The number of para-hydroxylation sites is 2. The van der Waals surface area contributed by atoms with E-state index >= 15 is 0 Å². The van der Waals surface area contributed by atoms with Crippen molar-refractivity contribution in [1.82, 2.24) is 14.5 Å². The molecule has 5 heteroatoms. The molecule has 0 aliphatic heterocycles. The number of aryl methyl sites for hydroxylation is 1. The molecule has 0 aliphatic carbocycles. The van der Waals surface area contributed by atoms with Gasteiger partial charge < -0.3 is 14.6 Å². The Kier molecular flexibility index (Phi) is 4.16. The molecule has 0 atom stereocenters. The second-order valence-corrected chi connectivity index (χ2v) is 4.87. The number of carboxylic acid groups (broad SMARTS) is 1. The largest absolute Gasteiger partial charge is 0.481 e. The Bertz CT molecular complexity index is 575. The van der Waals surface area contributed by atoms with Crippen LogP contribution in [0.2, 0.25) is 0 Å². The van der Waals surface area contributed by atoms with Crippen LogP contribution in [-0.4, -0.2) is 46.2 Å². The lowest BCUT2D eigenvalue weighted by Crippen LogP contribution is -2.18. The van der Waals surface area contributed by atoms with Crippen molar-refractivity contribution < 1.29 is 9.90 Å². The first-order valence-electron chi connectivity index (χ1n) is 6.38. The molecule has 1 heterocycles. The Morgan fingerprint density at radius 1 is 1.37 bits per heavy atom. The van der Waals surface area contributed by atoms with Gasteiger partial charge in [-0.05, 0) is 26.2 Å². The number of benzene rings is 1. The Hall–Kier alpha value is -1.88. The SMILES string of the molecule is CN(C)CCc1nc2ccccc2n1CCC(=O)O. The fraction of sp³-hybridized carbons (Fsp3) is 0.429. The smallest absolute Gasteiger partial charge is 0.305 e. The fourth-order valence-electron chi connectivity index (χ4n) is 2.10. The monoisotopic (exact) mass is 261 g/mol. The van der Waals surface area contributed by atoms with Gasteiger partial charge in [0.25, 0.3) is 0 Å². The topological polar surface area (TPSA) is 58.4 Å². The summed E-state index contributed by atoms with van der Waals surface area (Å²) in [5.74, 6) is 0.174. The fourth-order valence-corrected chi connectivity index (χ4v) is 2.10. The van der Waals surface area contributed by atoms with E-state index in [0.717, 1.165) is 29.8 Å². The van der Waals surface area contributed by atoms with Gasteiger partial charge in [0.2, 0.25) is 0 Å². The first-order chi connectivity index (χ1) is 9.08. The summed E-state index contributed by atoms with van der Waals surface area (Å²) in [5.41, 5.74) is 1.94. The van der Waals surface area contributed by atoms with Gasteiger partial charge in [0.1, 0.15) is 5.82 Å². The molecule has 2 rings (SSSR count). The number of imidazole rings is 1. The number of hydrogen-bond acceptors (Lipinski definition) is 3. The van der Waals surface area contributed by atoms with Crippen molar-refractivity contribution in [2.24, 2.45) is 0 Å². The summed E-state index contributed by atoms with van der Waals surface area (Å²) in [7, 11) is 4.04. The number of hydrogen-bond donors (Lipinski definition) is 1. The number of likely N-dealkylation sites (N-methyl/N-ethyl adjacent to an activating group) is 1.